The number of amides is 1. The minimum Gasteiger partial charge on any atom is -0.372 e. The molecule has 11 heteroatoms. The van der Waals surface area contributed by atoms with E-state index in [1.54, 1.807) is 4.90 Å². The topological polar surface area (TPSA) is 75.7 Å². The average Bonchev–Trinajstić information content (AvgIpc) is 2.52. The normalized spacial score (nSPS) is 21.3. The maximum Gasteiger partial charge on any atom is 0.417 e. The second kappa shape index (κ2) is 8.34. The van der Waals surface area contributed by atoms with E-state index in [1.165, 1.54) is 0 Å². The van der Waals surface area contributed by atoms with Crippen LogP contribution in [0.4, 0.5) is 13.2 Å². The number of ether oxygens (including phenoxy) is 1. The molecule has 2 rings (SSSR count). The summed E-state index contributed by atoms with van der Waals surface area (Å²) in [6.45, 7) is 4.24. The lowest BCUT2D eigenvalue weighted by Crippen LogP contribution is -2.48. The molecule has 1 N–H and O–H groups in total. The molecule has 1 fully saturated rings. The minimum absolute atomic E-state index is 0.113. The monoisotopic (exact) mass is 428 g/mol. The summed E-state index contributed by atoms with van der Waals surface area (Å²) < 4.78 is 70.8. The van der Waals surface area contributed by atoms with Gasteiger partial charge in [0.15, 0.2) is 0 Å². The summed E-state index contributed by atoms with van der Waals surface area (Å²) in [6.07, 6.45) is -5.13. The maximum absolute atomic E-state index is 12.9. The SMILES string of the molecule is CC1CN(C(=O)CCNS(=O)(=O)c2ccc(Cl)c(C(F)(F)F)c2)CC(C)O1. The Labute approximate surface area is 160 Å². The zero-order valence-corrected chi connectivity index (χ0v) is 16.3. The molecule has 0 saturated carbocycles. The number of nitrogens with one attached hydrogen (secondary N) is 1. The van der Waals surface area contributed by atoms with Gasteiger partial charge in [0.05, 0.1) is 27.7 Å². The molecule has 1 saturated heterocycles. The van der Waals surface area contributed by atoms with E-state index in [2.05, 4.69) is 4.72 Å². The highest BCUT2D eigenvalue weighted by molar-refractivity contribution is 7.89. The van der Waals surface area contributed by atoms with E-state index >= 15 is 0 Å². The van der Waals surface area contributed by atoms with Crippen molar-refractivity contribution in [3.8, 4) is 0 Å². The Hall–Kier alpha value is -1.36. The zero-order chi connectivity index (χ0) is 20.4. The van der Waals surface area contributed by atoms with Crippen molar-refractivity contribution in [1.29, 1.82) is 0 Å². The van der Waals surface area contributed by atoms with Gasteiger partial charge in [0.2, 0.25) is 15.9 Å². The Kier molecular flexibility index (Phi) is 6.77. The number of carbonyl (C=O) groups excluding carboxylic acids is 1. The maximum atomic E-state index is 12.9. The Morgan fingerprint density at radius 2 is 1.89 bits per heavy atom. The van der Waals surface area contributed by atoms with Gasteiger partial charge in [0, 0.05) is 26.1 Å². The molecular weight excluding hydrogens is 409 g/mol. The van der Waals surface area contributed by atoms with Crippen LogP contribution in [0.25, 0.3) is 0 Å². The molecule has 0 radical (unpaired) electrons. The van der Waals surface area contributed by atoms with Gasteiger partial charge in [0.1, 0.15) is 0 Å². The summed E-state index contributed by atoms with van der Waals surface area (Å²) in [6, 6.07) is 2.32. The fraction of sp³-hybridized carbons (Fsp3) is 0.562. The number of nitrogens with zero attached hydrogens (tertiary/aromatic N) is 1. The Balaban J connectivity index is 2.00. The third-order valence-electron chi connectivity index (χ3n) is 3.96. The second-order valence-electron chi connectivity index (χ2n) is 6.34. The molecule has 1 aromatic rings. The van der Waals surface area contributed by atoms with Crippen LogP contribution in [-0.4, -0.2) is 51.1 Å². The standard InChI is InChI=1S/C16H20ClF3N2O4S/c1-10-8-22(9-11(2)26-10)15(23)5-6-21-27(24,25)12-3-4-14(17)13(7-12)16(18,19)20/h3-4,7,10-11,21H,5-6,8-9H2,1-2H3. The minimum atomic E-state index is -4.78. The number of morpholine rings is 1. The van der Waals surface area contributed by atoms with Crippen molar-refractivity contribution < 1.29 is 31.1 Å². The summed E-state index contributed by atoms with van der Waals surface area (Å²) >= 11 is 5.49. The molecule has 27 heavy (non-hydrogen) atoms. The fourth-order valence-corrected chi connectivity index (χ4v) is 4.09. The molecule has 1 aromatic carbocycles. The Morgan fingerprint density at radius 1 is 1.30 bits per heavy atom. The predicted octanol–water partition coefficient (Wildman–Crippen LogP) is 2.66. The van der Waals surface area contributed by atoms with Gasteiger partial charge in [-0.05, 0) is 32.0 Å². The van der Waals surface area contributed by atoms with Crippen molar-refractivity contribution in [2.75, 3.05) is 19.6 Å². The first-order valence-electron chi connectivity index (χ1n) is 8.20. The number of alkyl halides is 3. The first-order chi connectivity index (χ1) is 12.4. The molecule has 152 valence electrons. The van der Waals surface area contributed by atoms with Gasteiger partial charge in [-0.25, -0.2) is 13.1 Å². The van der Waals surface area contributed by atoms with Crippen molar-refractivity contribution in [2.24, 2.45) is 0 Å². The summed E-state index contributed by atoms with van der Waals surface area (Å²) in [4.78, 5) is 13.2. The van der Waals surface area contributed by atoms with Crippen LogP contribution in [0.1, 0.15) is 25.8 Å². The van der Waals surface area contributed by atoms with E-state index in [1.807, 2.05) is 13.8 Å². The first-order valence-corrected chi connectivity index (χ1v) is 10.1. The van der Waals surface area contributed by atoms with Gasteiger partial charge in [-0.15, -0.1) is 0 Å². The van der Waals surface area contributed by atoms with Gasteiger partial charge in [-0.3, -0.25) is 4.79 Å². The first kappa shape index (κ1) is 21.9. The van der Waals surface area contributed by atoms with E-state index in [-0.39, 0.29) is 31.1 Å². The molecular formula is C16H20ClF3N2O4S. The van der Waals surface area contributed by atoms with E-state index in [0.29, 0.717) is 19.2 Å². The van der Waals surface area contributed by atoms with Crippen LogP contribution < -0.4 is 4.72 Å². The van der Waals surface area contributed by atoms with E-state index in [0.717, 1.165) is 12.1 Å². The third-order valence-corrected chi connectivity index (χ3v) is 5.75. The molecule has 0 aromatic heterocycles. The Morgan fingerprint density at radius 3 is 2.44 bits per heavy atom. The highest BCUT2D eigenvalue weighted by Crippen LogP contribution is 2.35. The molecule has 6 nitrogen and oxygen atoms in total. The number of rotatable bonds is 5. The van der Waals surface area contributed by atoms with Crippen LogP contribution in [0.2, 0.25) is 5.02 Å². The zero-order valence-electron chi connectivity index (χ0n) is 14.7. The van der Waals surface area contributed by atoms with Crippen LogP contribution in [0.3, 0.4) is 0 Å². The molecule has 1 heterocycles. The number of sulfonamides is 1. The van der Waals surface area contributed by atoms with Crippen molar-refractivity contribution >= 4 is 27.5 Å². The van der Waals surface area contributed by atoms with Crippen LogP contribution in [0.5, 0.6) is 0 Å². The number of carbonyl (C=O) groups is 1. The molecule has 0 spiro atoms. The molecule has 1 amide bonds. The Bertz CT molecular complexity index is 791. The highest BCUT2D eigenvalue weighted by Gasteiger charge is 2.34. The third kappa shape index (κ3) is 5.81. The van der Waals surface area contributed by atoms with Crippen molar-refractivity contribution in [3.63, 3.8) is 0 Å². The predicted molar refractivity (Wildman–Crippen MR) is 92.8 cm³/mol. The van der Waals surface area contributed by atoms with Crippen LogP contribution in [-0.2, 0) is 25.7 Å². The number of hydrogen-bond acceptors (Lipinski definition) is 4. The van der Waals surface area contributed by atoms with Gasteiger partial charge in [-0.1, -0.05) is 11.6 Å². The molecule has 2 atom stereocenters. The smallest absolute Gasteiger partial charge is 0.372 e. The number of benzene rings is 1. The highest BCUT2D eigenvalue weighted by atomic mass is 35.5. The largest absolute Gasteiger partial charge is 0.417 e. The lowest BCUT2D eigenvalue weighted by atomic mass is 10.2. The van der Waals surface area contributed by atoms with Gasteiger partial charge in [-0.2, -0.15) is 13.2 Å². The van der Waals surface area contributed by atoms with E-state index in [9.17, 15) is 26.4 Å². The molecule has 0 aliphatic carbocycles. The lowest BCUT2D eigenvalue weighted by molar-refractivity contribution is -0.143. The second-order valence-corrected chi connectivity index (χ2v) is 8.52. The number of halogens is 4. The molecule has 0 bridgehead atoms. The van der Waals surface area contributed by atoms with Gasteiger partial charge < -0.3 is 9.64 Å². The van der Waals surface area contributed by atoms with Crippen molar-refractivity contribution in [3.05, 3.63) is 28.8 Å². The van der Waals surface area contributed by atoms with Crippen LogP contribution >= 0.6 is 11.6 Å². The number of hydrogen-bond donors (Lipinski definition) is 1. The summed E-state index contributed by atoms with van der Waals surface area (Å²) in [7, 11) is -4.21. The van der Waals surface area contributed by atoms with E-state index in [4.69, 9.17) is 16.3 Å². The summed E-state index contributed by atoms with van der Waals surface area (Å²) in [5.74, 6) is -0.258. The van der Waals surface area contributed by atoms with Crippen LogP contribution in [0, 0.1) is 0 Å². The fourth-order valence-electron chi connectivity index (χ4n) is 2.80. The van der Waals surface area contributed by atoms with Gasteiger partial charge in [0.25, 0.3) is 0 Å². The average molecular weight is 429 g/mol. The lowest BCUT2D eigenvalue weighted by Gasteiger charge is -2.35. The molecule has 1 aliphatic heterocycles. The van der Waals surface area contributed by atoms with Gasteiger partial charge >= 0.3 is 6.18 Å². The summed E-state index contributed by atoms with van der Waals surface area (Å²) in [5, 5.41) is -0.591. The quantitative estimate of drug-likeness (QED) is 0.782. The van der Waals surface area contributed by atoms with Crippen molar-refractivity contribution in [1.82, 2.24) is 9.62 Å². The van der Waals surface area contributed by atoms with E-state index < -0.39 is 31.7 Å². The molecule has 2 unspecified atom stereocenters. The van der Waals surface area contributed by atoms with Crippen LogP contribution in [0.15, 0.2) is 23.1 Å². The van der Waals surface area contributed by atoms with Crippen molar-refractivity contribution in [2.45, 2.75) is 43.5 Å². The summed E-state index contributed by atoms with van der Waals surface area (Å²) in [5.41, 5.74) is -1.24. The molecule has 1 aliphatic rings.